The van der Waals surface area contributed by atoms with E-state index >= 15 is 0 Å². The summed E-state index contributed by atoms with van der Waals surface area (Å²) in [6.45, 7) is 2.63. The molecule has 3 aromatic heterocycles. The molecule has 0 amide bonds. The summed E-state index contributed by atoms with van der Waals surface area (Å²) in [5, 5.41) is 0. The van der Waals surface area contributed by atoms with Crippen LogP contribution < -0.4 is 10.5 Å². The Hall–Kier alpha value is -4.00. The van der Waals surface area contributed by atoms with Crippen molar-refractivity contribution in [3.63, 3.8) is 0 Å². The quantitative estimate of drug-likeness (QED) is 0.380. The van der Waals surface area contributed by atoms with E-state index in [9.17, 15) is 26.7 Å². The highest BCUT2D eigenvalue weighted by molar-refractivity contribution is 5.89. The third-order valence-corrected chi connectivity index (χ3v) is 6.00. The van der Waals surface area contributed by atoms with Crippen LogP contribution in [0.5, 0.6) is 0 Å². The molecule has 1 aromatic carbocycles. The molecule has 13 heteroatoms. The molecule has 0 radical (unpaired) electrons. The largest absolute Gasteiger partial charge is 0.449 e. The standard InChI is InChI=1S/C24H19F5N6O2/c1-12-9-13(5-6-30-12)17-11-35(7-8-37-17)23-32-18(15-4-3-14(25)10-16(15)26)19-20(33-23)21(36)34(2)22(31-19)24(27,28)29/h3-6,9-10,17H,7-8,11H2,1-2H3/t17-/m0/s1. The summed E-state index contributed by atoms with van der Waals surface area (Å²) >= 11 is 0. The van der Waals surface area contributed by atoms with Crippen molar-refractivity contribution in [3.05, 3.63) is 75.6 Å². The average molecular weight is 518 g/mol. The van der Waals surface area contributed by atoms with Gasteiger partial charge in [-0.2, -0.15) is 13.2 Å². The van der Waals surface area contributed by atoms with Crippen LogP contribution in [-0.2, 0) is 18.0 Å². The Balaban J connectivity index is 1.70. The molecule has 1 aliphatic rings. The molecule has 1 saturated heterocycles. The fraction of sp³-hybridized carbons (Fsp3) is 0.292. The van der Waals surface area contributed by atoms with Crippen LogP contribution >= 0.6 is 0 Å². The predicted octanol–water partition coefficient (Wildman–Crippen LogP) is 3.97. The van der Waals surface area contributed by atoms with Gasteiger partial charge in [0.1, 0.15) is 28.9 Å². The van der Waals surface area contributed by atoms with E-state index in [4.69, 9.17) is 4.74 Å². The number of benzene rings is 1. The van der Waals surface area contributed by atoms with Crippen molar-refractivity contribution in [2.45, 2.75) is 19.2 Å². The topological polar surface area (TPSA) is 86.0 Å². The molecule has 8 nitrogen and oxygen atoms in total. The first-order valence-corrected chi connectivity index (χ1v) is 11.1. The van der Waals surface area contributed by atoms with Crippen LogP contribution in [0.2, 0.25) is 0 Å². The Morgan fingerprint density at radius 1 is 1.05 bits per heavy atom. The number of hydrogen-bond acceptors (Lipinski definition) is 7. The highest BCUT2D eigenvalue weighted by Crippen LogP contribution is 2.33. The minimum atomic E-state index is -4.97. The van der Waals surface area contributed by atoms with Gasteiger partial charge < -0.3 is 9.64 Å². The van der Waals surface area contributed by atoms with Crippen molar-refractivity contribution in [1.29, 1.82) is 0 Å². The van der Waals surface area contributed by atoms with Gasteiger partial charge in [0.2, 0.25) is 11.8 Å². The predicted molar refractivity (Wildman–Crippen MR) is 123 cm³/mol. The molecule has 192 valence electrons. The zero-order valence-corrected chi connectivity index (χ0v) is 19.6. The molecule has 37 heavy (non-hydrogen) atoms. The van der Waals surface area contributed by atoms with Crippen molar-refractivity contribution in [2.75, 3.05) is 24.6 Å². The number of aryl methyl sites for hydroxylation is 1. The molecule has 0 aliphatic carbocycles. The van der Waals surface area contributed by atoms with Crippen molar-refractivity contribution in [1.82, 2.24) is 24.5 Å². The van der Waals surface area contributed by atoms with Gasteiger partial charge in [-0.05, 0) is 36.8 Å². The van der Waals surface area contributed by atoms with Gasteiger partial charge in [0.05, 0.1) is 13.2 Å². The smallest absolute Gasteiger partial charge is 0.370 e. The number of hydrogen-bond donors (Lipinski definition) is 0. The number of rotatable bonds is 3. The Morgan fingerprint density at radius 2 is 1.84 bits per heavy atom. The maximum absolute atomic E-state index is 14.8. The van der Waals surface area contributed by atoms with E-state index in [1.54, 1.807) is 17.2 Å². The molecule has 0 unspecified atom stereocenters. The molecule has 4 aromatic rings. The van der Waals surface area contributed by atoms with Crippen LogP contribution in [0.15, 0.2) is 41.3 Å². The van der Waals surface area contributed by atoms with Gasteiger partial charge in [-0.15, -0.1) is 0 Å². The van der Waals surface area contributed by atoms with E-state index in [1.165, 1.54) is 0 Å². The van der Waals surface area contributed by atoms with Crippen LogP contribution in [0.3, 0.4) is 0 Å². The summed E-state index contributed by atoms with van der Waals surface area (Å²) in [7, 11) is 0.925. The molecule has 4 heterocycles. The number of aromatic nitrogens is 5. The number of ether oxygens (including phenoxy) is 1. The lowest BCUT2D eigenvalue weighted by molar-refractivity contribution is -0.147. The van der Waals surface area contributed by atoms with Gasteiger partial charge in [0.25, 0.3) is 5.56 Å². The van der Waals surface area contributed by atoms with E-state index in [-0.39, 0.29) is 30.4 Å². The van der Waals surface area contributed by atoms with Gasteiger partial charge >= 0.3 is 6.18 Å². The highest BCUT2D eigenvalue weighted by atomic mass is 19.4. The number of fused-ring (bicyclic) bond motifs is 1. The van der Waals surface area contributed by atoms with E-state index in [0.717, 1.165) is 30.4 Å². The van der Waals surface area contributed by atoms with Gasteiger partial charge in [-0.25, -0.2) is 23.7 Å². The summed E-state index contributed by atoms with van der Waals surface area (Å²) in [5.41, 5.74) is -1.11. The van der Waals surface area contributed by atoms with Crippen LogP contribution in [0.25, 0.3) is 22.3 Å². The second-order valence-electron chi connectivity index (χ2n) is 8.53. The number of pyridine rings is 1. The Kier molecular flexibility index (Phi) is 6.10. The van der Waals surface area contributed by atoms with E-state index in [2.05, 4.69) is 19.9 Å². The number of anilines is 1. The summed E-state index contributed by atoms with van der Waals surface area (Å²) in [6.07, 6.45) is -3.74. The molecular formula is C24H19F5N6O2. The third kappa shape index (κ3) is 4.61. The lowest BCUT2D eigenvalue weighted by atomic mass is 10.1. The molecule has 1 fully saturated rings. The maximum atomic E-state index is 14.8. The second kappa shape index (κ2) is 9.14. The monoisotopic (exact) mass is 518 g/mol. The Labute approximate surface area is 206 Å². The summed E-state index contributed by atoms with van der Waals surface area (Å²) < 4.78 is 75.4. The van der Waals surface area contributed by atoms with Crippen LogP contribution in [-0.4, -0.2) is 44.2 Å². The summed E-state index contributed by atoms with van der Waals surface area (Å²) in [6, 6.07) is 6.19. The molecule has 1 atom stereocenters. The van der Waals surface area contributed by atoms with Gasteiger partial charge in [-0.1, -0.05) is 0 Å². The normalized spacial score (nSPS) is 16.4. The van der Waals surface area contributed by atoms with Crippen LogP contribution in [0.1, 0.15) is 23.2 Å². The van der Waals surface area contributed by atoms with Crippen molar-refractivity contribution < 1.29 is 26.7 Å². The first kappa shape index (κ1) is 24.7. The zero-order chi connectivity index (χ0) is 26.5. The molecule has 0 N–H and O–H groups in total. The molecule has 0 spiro atoms. The SMILES string of the molecule is Cc1cc([C@@H]2CN(c3nc(-c4ccc(F)cc4F)c4nc(C(F)(F)F)n(C)c(=O)c4n3)CCO2)ccn1. The van der Waals surface area contributed by atoms with Crippen LogP contribution in [0, 0.1) is 18.6 Å². The fourth-order valence-electron chi connectivity index (χ4n) is 4.20. The molecule has 0 saturated carbocycles. The number of morpholine rings is 1. The van der Waals surface area contributed by atoms with Gasteiger partial charge in [0.15, 0.2) is 5.52 Å². The summed E-state index contributed by atoms with van der Waals surface area (Å²) in [5.74, 6) is -3.48. The number of halogens is 5. The first-order valence-electron chi connectivity index (χ1n) is 11.1. The van der Waals surface area contributed by atoms with Crippen molar-refractivity contribution in [3.8, 4) is 11.3 Å². The fourth-order valence-corrected chi connectivity index (χ4v) is 4.20. The first-order chi connectivity index (χ1) is 17.5. The minimum absolute atomic E-state index is 0.0241. The van der Waals surface area contributed by atoms with E-state index < -0.39 is 46.3 Å². The highest BCUT2D eigenvalue weighted by Gasteiger charge is 2.37. The minimum Gasteiger partial charge on any atom is -0.370 e. The lowest BCUT2D eigenvalue weighted by Crippen LogP contribution is -2.40. The van der Waals surface area contributed by atoms with E-state index in [1.807, 2.05) is 13.0 Å². The molecule has 0 bridgehead atoms. The third-order valence-electron chi connectivity index (χ3n) is 6.00. The molecule has 1 aliphatic heterocycles. The summed E-state index contributed by atoms with van der Waals surface area (Å²) in [4.78, 5) is 31.0. The second-order valence-corrected chi connectivity index (χ2v) is 8.53. The van der Waals surface area contributed by atoms with Crippen molar-refractivity contribution in [2.24, 2.45) is 7.05 Å². The van der Waals surface area contributed by atoms with E-state index in [0.29, 0.717) is 17.2 Å². The zero-order valence-electron chi connectivity index (χ0n) is 19.6. The van der Waals surface area contributed by atoms with Gasteiger partial charge in [-0.3, -0.25) is 14.3 Å². The number of alkyl halides is 3. The maximum Gasteiger partial charge on any atom is 0.449 e. The van der Waals surface area contributed by atoms with Crippen LogP contribution in [0.4, 0.5) is 27.9 Å². The molecular weight excluding hydrogens is 499 g/mol. The molecule has 5 rings (SSSR count). The average Bonchev–Trinajstić information content (AvgIpc) is 2.85. The Bertz CT molecular complexity index is 1570. The van der Waals surface area contributed by atoms with Crippen molar-refractivity contribution >= 4 is 17.0 Å². The number of nitrogens with zero attached hydrogens (tertiary/aromatic N) is 6. The lowest BCUT2D eigenvalue weighted by Gasteiger charge is -2.33. The Morgan fingerprint density at radius 3 is 2.54 bits per heavy atom. The van der Waals surface area contributed by atoms with Gasteiger partial charge in [0, 0.05) is 37.1 Å².